The highest BCUT2D eigenvalue weighted by atomic mass is 35.5. The molecular weight excluding hydrogens is 349 g/mol. The number of carbonyl (C=O) groups excluding carboxylic acids is 1. The van der Waals surface area contributed by atoms with Gasteiger partial charge < -0.3 is 20.5 Å². The average molecular weight is 374 g/mol. The van der Waals surface area contributed by atoms with Crippen LogP contribution in [0.25, 0.3) is 0 Å². The van der Waals surface area contributed by atoms with E-state index in [0.717, 1.165) is 18.5 Å². The molecule has 0 aliphatic heterocycles. The second-order valence-electron chi connectivity index (χ2n) is 6.02. The summed E-state index contributed by atoms with van der Waals surface area (Å²) in [5.41, 5.74) is 0.930. The van der Waals surface area contributed by atoms with E-state index >= 15 is 0 Å². The van der Waals surface area contributed by atoms with E-state index in [1.807, 2.05) is 7.05 Å². The SMILES string of the molecule is CN=C(NCC(=O)NC1CCCCC1)NCc1cc(Cl)c(Cl)n1C. The lowest BCUT2D eigenvalue weighted by atomic mass is 9.95. The Morgan fingerprint density at radius 2 is 2.00 bits per heavy atom. The molecule has 3 N–H and O–H groups in total. The summed E-state index contributed by atoms with van der Waals surface area (Å²) in [6.07, 6.45) is 5.82. The van der Waals surface area contributed by atoms with Gasteiger partial charge in [0.25, 0.3) is 0 Å². The first-order chi connectivity index (χ1) is 11.5. The van der Waals surface area contributed by atoms with Crippen molar-refractivity contribution in [3.63, 3.8) is 0 Å². The molecule has 1 amide bonds. The first kappa shape index (κ1) is 18.9. The molecule has 1 aliphatic carbocycles. The quantitative estimate of drug-likeness (QED) is 0.548. The normalized spacial score (nSPS) is 16.1. The van der Waals surface area contributed by atoms with E-state index in [2.05, 4.69) is 20.9 Å². The molecule has 0 bridgehead atoms. The number of hydrogen-bond acceptors (Lipinski definition) is 2. The highest BCUT2D eigenvalue weighted by Gasteiger charge is 2.15. The molecule has 8 heteroatoms. The number of amides is 1. The number of hydrogen-bond donors (Lipinski definition) is 3. The number of nitrogens with one attached hydrogen (secondary N) is 3. The maximum atomic E-state index is 12.0. The van der Waals surface area contributed by atoms with Gasteiger partial charge in [-0.1, -0.05) is 42.5 Å². The molecule has 1 heterocycles. The van der Waals surface area contributed by atoms with Gasteiger partial charge in [0, 0.05) is 25.8 Å². The molecule has 0 atom stereocenters. The number of aliphatic imine (C=N–C) groups is 1. The third-order valence-electron chi connectivity index (χ3n) is 4.26. The molecular formula is C16H25Cl2N5O. The lowest BCUT2D eigenvalue weighted by molar-refractivity contribution is -0.120. The van der Waals surface area contributed by atoms with Gasteiger partial charge in [-0.2, -0.15) is 0 Å². The number of guanidine groups is 1. The largest absolute Gasteiger partial charge is 0.352 e. The van der Waals surface area contributed by atoms with E-state index in [-0.39, 0.29) is 12.5 Å². The molecule has 1 aromatic rings. The zero-order chi connectivity index (χ0) is 17.5. The van der Waals surface area contributed by atoms with E-state index in [0.29, 0.717) is 28.7 Å². The third-order valence-corrected chi connectivity index (χ3v) is 5.10. The molecule has 0 saturated heterocycles. The number of carbonyl (C=O) groups is 1. The van der Waals surface area contributed by atoms with Gasteiger partial charge in [0.15, 0.2) is 5.96 Å². The summed E-state index contributed by atoms with van der Waals surface area (Å²) in [6, 6.07) is 2.12. The minimum absolute atomic E-state index is 0.00481. The van der Waals surface area contributed by atoms with Gasteiger partial charge in [0.1, 0.15) is 5.15 Å². The number of halogens is 2. The fourth-order valence-electron chi connectivity index (χ4n) is 2.84. The molecule has 0 aromatic carbocycles. The Kier molecular flexibility index (Phi) is 7.24. The highest BCUT2D eigenvalue weighted by Crippen LogP contribution is 2.24. The molecule has 24 heavy (non-hydrogen) atoms. The predicted octanol–water partition coefficient (Wildman–Crippen LogP) is 2.45. The Morgan fingerprint density at radius 1 is 1.29 bits per heavy atom. The topological polar surface area (TPSA) is 70.4 Å². The number of rotatable bonds is 5. The summed E-state index contributed by atoms with van der Waals surface area (Å²) >= 11 is 12.0. The Bertz CT molecular complexity index is 594. The molecule has 6 nitrogen and oxygen atoms in total. The Morgan fingerprint density at radius 3 is 2.58 bits per heavy atom. The molecule has 1 aliphatic rings. The van der Waals surface area contributed by atoms with Crippen LogP contribution in [0, 0.1) is 0 Å². The number of nitrogens with zero attached hydrogens (tertiary/aromatic N) is 2. The van der Waals surface area contributed by atoms with Crippen LogP contribution in [0.3, 0.4) is 0 Å². The van der Waals surface area contributed by atoms with E-state index < -0.39 is 0 Å². The van der Waals surface area contributed by atoms with Gasteiger partial charge in [-0.15, -0.1) is 0 Å². The van der Waals surface area contributed by atoms with Crippen molar-refractivity contribution < 1.29 is 4.79 Å². The predicted molar refractivity (Wildman–Crippen MR) is 98.7 cm³/mol. The summed E-state index contributed by atoms with van der Waals surface area (Å²) in [6.45, 7) is 0.706. The van der Waals surface area contributed by atoms with Crippen LogP contribution >= 0.6 is 23.2 Å². The van der Waals surface area contributed by atoms with Gasteiger partial charge in [0.05, 0.1) is 18.1 Å². The maximum absolute atomic E-state index is 12.0. The lowest BCUT2D eigenvalue weighted by Gasteiger charge is -2.23. The molecule has 0 radical (unpaired) electrons. The zero-order valence-electron chi connectivity index (χ0n) is 14.2. The van der Waals surface area contributed by atoms with E-state index in [1.54, 1.807) is 17.7 Å². The van der Waals surface area contributed by atoms with Crippen LogP contribution < -0.4 is 16.0 Å². The standard InChI is InChI=1S/C16H25Cl2N5O/c1-19-16(20-9-12-8-13(17)15(18)23(12)2)21-10-14(24)22-11-6-4-3-5-7-11/h8,11H,3-7,9-10H2,1-2H3,(H,22,24)(H2,19,20,21). The van der Waals surface area contributed by atoms with Crippen LogP contribution in [0.4, 0.5) is 0 Å². The minimum Gasteiger partial charge on any atom is -0.352 e. The van der Waals surface area contributed by atoms with Gasteiger partial charge in [-0.3, -0.25) is 9.79 Å². The van der Waals surface area contributed by atoms with Crippen LogP contribution in [0.15, 0.2) is 11.1 Å². The highest BCUT2D eigenvalue weighted by molar-refractivity contribution is 6.41. The third kappa shape index (κ3) is 5.31. The maximum Gasteiger partial charge on any atom is 0.239 e. The second kappa shape index (κ2) is 9.18. The number of aromatic nitrogens is 1. The van der Waals surface area contributed by atoms with Gasteiger partial charge >= 0.3 is 0 Å². The van der Waals surface area contributed by atoms with Crippen molar-refractivity contribution in [3.05, 3.63) is 21.9 Å². The molecule has 1 fully saturated rings. The molecule has 2 rings (SSSR count). The van der Waals surface area contributed by atoms with Crippen molar-refractivity contribution in [2.45, 2.75) is 44.7 Å². The molecule has 1 saturated carbocycles. The van der Waals surface area contributed by atoms with Crippen molar-refractivity contribution in [3.8, 4) is 0 Å². The first-order valence-electron chi connectivity index (χ1n) is 8.24. The molecule has 0 unspecified atom stereocenters. The summed E-state index contributed by atoms with van der Waals surface area (Å²) in [4.78, 5) is 16.1. The zero-order valence-corrected chi connectivity index (χ0v) is 15.7. The Labute approximate surface area is 153 Å². The van der Waals surface area contributed by atoms with Crippen LogP contribution in [0.1, 0.15) is 37.8 Å². The van der Waals surface area contributed by atoms with Gasteiger partial charge in [0.2, 0.25) is 5.91 Å². The Hall–Kier alpha value is -1.40. The van der Waals surface area contributed by atoms with Crippen LogP contribution in [-0.4, -0.2) is 36.1 Å². The summed E-state index contributed by atoms with van der Waals surface area (Å²) in [5, 5.41) is 10.3. The summed E-state index contributed by atoms with van der Waals surface area (Å²) in [5.74, 6) is 0.553. The Balaban J connectivity index is 1.75. The van der Waals surface area contributed by atoms with Gasteiger partial charge in [-0.25, -0.2) is 0 Å². The van der Waals surface area contributed by atoms with Crippen molar-refractivity contribution >= 4 is 35.1 Å². The summed E-state index contributed by atoms with van der Waals surface area (Å²) in [7, 11) is 3.51. The van der Waals surface area contributed by atoms with Crippen molar-refractivity contribution in [2.24, 2.45) is 12.0 Å². The van der Waals surface area contributed by atoms with E-state index in [4.69, 9.17) is 23.2 Å². The molecule has 0 spiro atoms. The average Bonchev–Trinajstić information content (AvgIpc) is 2.83. The molecule has 1 aromatic heterocycles. The van der Waals surface area contributed by atoms with E-state index in [1.165, 1.54) is 19.3 Å². The second-order valence-corrected chi connectivity index (χ2v) is 6.78. The smallest absolute Gasteiger partial charge is 0.239 e. The van der Waals surface area contributed by atoms with Gasteiger partial charge in [-0.05, 0) is 18.9 Å². The van der Waals surface area contributed by atoms with Crippen LogP contribution in [0.2, 0.25) is 10.2 Å². The lowest BCUT2D eigenvalue weighted by Crippen LogP contribution is -2.45. The fraction of sp³-hybridized carbons (Fsp3) is 0.625. The van der Waals surface area contributed by atoms with Crippen molar-refractivity contribution in [2.75, 3.05) is 13.6 Å². The monoisotopic (exact) mass is 373 g/mol. The minimum atomic E-state index is -0.00481. The molecule has 134 valence electrons. The van der Waals surface area contributed by atoms with Crippen LogP contribution in [-0.2, 0) is 18.4 Å². The fourth-order valence-corrected chi connectivity index (χ4v) is 3.26. The first-order valence-corrected chi connectivity index (χ1v) is 9.00. The van der Waals surface area contributed by atoms with Crippen molar-refractivity contribution in [1.29, 1.82) is 0 Å². The van der Waals surface area contributed by atoms with Crippen molar-refractivity contribution in [1.82, 2.24) is 20.5 Å². The summed E-state index contributed by atoms with van der Waals surface area (Å²) < 4.78 is 1.81. The van der Waals surface area contributed by atoms with Crippen LogP contribution in [0.5, 0.6) is 0 Å². The van der Waals surface area contributed by atoms with E-state index in [9.17, 15) is 4.79 Å².